The summed E-state index contributed by atoms with van der Waals surface area (Å²) >= 11 is 0. The average molecular weight is 325 g/mol. The minimum absolute atomic E-state index is 0.185. The normalized spacial score (nSPS) is 15.8. The number of rotatable bonds is 6. The lowest BCUT2D eigenvalue weighted by Gasteiger charge is -2.26. The monoisotopic (exact) mass is 325 g/mol. The number of amides is 1. The first-order valence-electron chi connectivity index (χ1n) is 8.82. The molecule has 0 heterocycles. The molecule has 1 fully saturated rings. The Balaban J connectivity index is 2.06. The largest absolute Gasteiger partial charge is 0.369 e. The third kappa shape index (κ3) is 5.42. The molecule has 1 N–H and O–H groups in total. The van der Waals surface area contributed by atoms with Gasteiger partial charge in [0.1, 0.15) is 11.6 Å². The van der Waals surface area contributed by atoms with Gasteiger partial charge in [0, 0.05) is 24.8 Å². The van der Waals surface area contributed by atoms with Gasteiger partial charge in [-0.15, -0.1) is 0 Å². The zero-order valence-corrected chi connectivity index (χ0v) is 14.7. The van der Waals surface area contributed by atoms with E-state index in [2.05, 4.69) is 37.4 Å². The maximum atomic E-state index is 12.4. The van der Waals surface area contributed by atoms with E-state index in [0.717, 1.165) is 31.2 Å². The van der Waals surface area contributed by atoms with Crippen LogP contribution in [0.2, 0.25) is 0 Å². The summed E-state index contributed by atoms with van der Waals surface area (Å²) in [5.74, 6) is -0.247. The van der Waals surface area contributed by atoms with E-state index in [1.54, 1.807) is 6.20 Å². The zero-order chi connectivity index (χ0) is 17.4. The summed E-state index contributed by atoms with van der Waals surface area (Å²) in [6.07, 6.45) is 7.29. The highest BCUT2D eigenvalue weighted by molar-refractivity contribution is 5.97. The molecule has 4 nitrogen and oxygen atoms in total. The molecular weight excluding hydrogens is 298 g/mol. The Hall–Kier alpha value is -2.28. The summed E-state index contributed by atoms with van der Waals surface area (Å²) in [6, 6.07) is 12.6. The maximum Gasteiger partial charge on any atom is 0.263 e. The van der Waals surface area contributed by atoms with E-state index in [1.807, 2.05) is 23.1 Å². The highest BCUT2D eigenvalue weighted by Crippen LogP contribution is 2.18. The van der Waals surface area contributed by atoms with Crippen LogP contribution >= 0.6 is 0 Å². The molecule has 1 aromatic carbocycles. The van der Waals surface area contributed by atoms with Crippen molar-refractivity contribution in [3.8, 4) is 6.07 Å². The molecule has 1 aromatic rings. The first kappa shape index (κ1) is 18.1. The van der Waals surface area contributed by atoms with Gasteiger partial charge in [-0.2, -0.15) is 5.26 Å². The second-order valence-corrected chi connectivity index (χ2v) is 6.71. The molecule has 0 bridgehead atoms. The first-order chi connectivity index (χ1) is 11.6. The van der Waals surface area contributed by atoms with Crippen molar-refractivity contribution < 1.29 is 4.79 Å². The van der Waals surface area contributed by atoms with Gasteiger partial charge in [0.05, 0.1) is 0 Å². The number of carbonyl (C=O) groups is 1. The summed E-state index contributed by atoms with van der Waals surface area (Å²) in [5.41, 5.74) is 1.35. The van der Waals surface area contributed by atoms with Gasteiger partial charge in [-0.1, -0.05) is 49.6 Å². The Labute approximate surface area is 145 Å². The Bertz CT molecular complexity index is 595. The summed E-state index contributed by atoms with van der Waals surface area (Å²) in [4.78, 5) is 14.5. The van der Waals surface area contributed by atoms with Gasteiger partial charge in [-0.05, 0) is 32.3 Å². The van der Waals surface area contributed by atoms with Gasteiger partial charge < -0.3 is 10.2 Å². The Morgan fingerprint density at radius 1 is 1.29 bits per heavy atom. The van der Waals surface area contributed by atoms with Crippen molar-refractivity contribution in [1.82, 2.24) is 10.2 Å². The number of carbonyl (C=O) groups excluding carboxylic acids is 1. The van der Waals surface area contributed by atoms with Crippen LogP contribution in [0.25, 0.3) is 0 Å². The standard InChI is InChI=1S/C20H27N3O/c1-16(2)23(14-17-9-5-3-6-10-17)15-18(13-21)20(24)22-19-11-7-4-8-12-19/h3,5-6,9-10,15-16,19H,4,7-8,11-12,14H2,1-2H3,(H,22,24)/b18-15-. The van der Waals surface area contributed by atoms with E-state index in [4.69, 9.17) is 0 Å². The van der Waals surface area contributed by atoms with E-state index < -0.39 is 0 Å². The predicted octanol–water partition coefficient (Wildman–Crippen LogP) is 3.75. The lowest BCUT2D eigenvalue weighted by molar-refractivity contribution is -0.118. The second kappa shape index (κ2) is 9.12. The number of hydrogen-bond donors (Lipinski definition) is 1. The van der Waals surface area contributed by atoms with E-state index in [9.17, 15) is 10.1 Å². The highest BCUT2D eigenvalue weighted by Gasteiger charge is 2.19. The van der Waals surface area contributed by atoms with Crippen LogP contribution in [0.5, 0.6) is 0 Å². The smallest absolute Gasteiger partial charge is 0.263 e. The predicted molar refractivity (Wildman–Crippen MR) is 95.8 cm³/mol. The van der Waals surface area contributed by atoms with Crippen molar-refractivity contribution in [2.75, 3.05) is 0 Å². The number of nitriles is 1. The summed E-state index contributed by atoms with van der Waals surface area (Å²) in [6.45, 7) is 4.81. The molecule has 0 radical (unpaired) electrons. The Morgan fingerprint density at radius 2 is 1.96 bits per heavy atom. The molecule has 2 rings (SSSR count). The average Bonchev–Trinajstić information content (AvgIpc) is 2.60. The molecule has 0 unspecified atom stereocenters. The van der Waals surface area contributed by atoms with Gasteiger partial charge in [-0.25, -0.2) is 0 Å². The van der Waals surface area contributed by atoms with E-state index in [0.29, 0.717) is 6.54 Å². The minimum atomic E-state index is -0.247. The number of nitrogens with zero attached hydrogens (tertiary/aromatic N) is 2. The van der Waals surface area contributed by atoms with Crippen LogP contribution in [-0.2, 0) is 11.3 Å². The molecule has 4 heteroatoms. The third-order valence-corrected chi connectivity index (χ3v) is 4.47. The number of benzene rings is 1. The summed E-state index contributed by atoms with van der Waals surface area (Å²) < 4.78 is 0. The minimum Gasteiger partial charge on any atom is -0.369 e. The fourth-order valence-corrected chi connectivity index (χ4v) is 2.99. The summed E-state index contributed by atoms with van der Waals surface area (Å²) in [5, 5.41) is 12.4. The van der Waals surface area contributed by atoms with Crippen LogP contribution in [0.3, 0.4) is 0 Å². The molecule has 0 atom stereocenters. The van der Waals surface area contributed by atoms with Crippen molar-refractivity contribution in [3.63, 3.8) is 0 Å². The quantitative estimate of drug-likeness (QED) is 0.640. The van der Waals surface area contributed by atoms with Gasteiger partial charge >= 0.3 is 0 Å². The molecule has 0 spiro atoms. The molecule has 1 aliphatic rings. The lowest BCUT2D eigenvalue weighted by Crippen LogP contribution is -2.37. The molecule has 1 saturated carbocycles. The van der Waals surface area contributed by atoms with Crippen LogP contribution < -0.4 is 5.32 Å². The molecule has 1 amide bonds. The van der Waals surface area contributed by atoms with Crippen LogP contribution in [0.4, 0.5) is 0 Å². The van der Waals surface area contributed by atoms with Crippen molar-refractivity contribution >= 4 is 5.91 Å². The fraction of sp³-hybridized carbons (Fsp3) is 0.500. The number of hydrogen-bond acceptors (Lipinski definition) is 3. The van der Waals surface area contributed by atoms with Gasteiger partial charge in [-0.3, -0.25) is 4.79 Å². The topological polar surface area (TPSA) is 56.1 Å². The SMILES string of the molecule is CC(C)N(/C=C(/C#N)C(=O)NC1CCCCC1)Cc1ccccc1. The van der Waals surface area contributed by atoms with Crippen LogP contribution in [0.1, 0.15) is 51.5 Å². The first-order valence-corrected chi connectivity index (χ1v) is 8.82. The van der Waals surface area contributed by atoms with Crippen molar-refractivity contribution in [2.45, 2.75) is 64.6 Å². The van der Waals surface area contributed by atoms with Crippen LogP contribution in [0, 0.1) is 11.3 Å². The molecule has 0 saturated heterocycles. The van der Waals surface area contributed by atoms with Gasteiger partial charge in [0.2, 0.25) is 0 Å². The van der Waals surface area contributed by atoms with Gasteiger partial charge in [0.15, 0.2) is 0 Å². The van der Waals surface area contributed by atoms with Gasteiger partial charge in [0.25, 0.3) is 5.91 Å². The van der Waals surface area contributed by atoms with Crippen molar-refractivity contribution in [2.24, 2.45) is 0 Å². The lowest BCUT2D eigenvalue weighted by atomic mass is 9.95. The summed E-state index contributed by atoms with van der Waals surface area (Å²) in [7, 11) is 0. The van der Waals surface area contributed by atoms with Crippen molar-refractivity contribution in [3.05, 3.63) is 47.7 Å². The second-order valence-electron chi connectivity index (χ2n) is 6.71. The zero-order valence-electron chi connectivity index (χ0n) is 14.7. The Morgan fingerprint density at radius 3 is 2.54 bits per heavy atom. The van der Waals surface area contributed by atoms with E-state index in [1.165, 1.54) is 6.42 Å². The van der Waals surface area contributed by atoms with Crippen LogP contribution in [0.15, 0.2) is 42.1 Å². The van der Waals surface area contributed by atoms with Crippen molar-refractivity contribution in [1.29, 1.82) is 5.26 Å². The third-order valence-electron chi connectivity index (χ3n) is 4.47. The fourth-order valence-electron chi connectivity index (χ4n) is 2.99. The van der Waals surface area contributed by atoms with Crippen LogP contribution in [-0.4, -0.2) is 22.9 Å². The maximum absolute atomic E-state index is 12.4. The number of nitrogens with one attached hydrogen (secondary N) is 1. The Kier molecular flexibility index (Phi) is 6.87. The molecule has 0 aliphatic heterocycles. The molecule has 128 valence electrons. The van der Waals surface area contributed by atoms with E-state index in [-0.39, 0.29) is 23.6 Å². The van der Waals surface area contributed by atoms with E-state index >= 15 is 0 Å². The molecule has 0 aromatic heterocycles. The molecular formula is C20H27N3O. The molecule has 1 aliphatic carbocycles. The molecule has 24 heavy (non-hydrogen) atoms. The highest BCUT2D eigenvalue weighted by atomic mass is 16.1.